The molecule has 0 fully saturated rings. The Bertz CT molecular complexity index is 1110. The molecular formula is C22H19NO4. The van der Waals surface area contributed by atoms with Gasteiger partial charge in [0.1, 0.15) is 17.9 Å². The maximum atomic E-state index is 13.2. The third-order valence-electron chi connectivity index (χ3n) is 4.73. The van der Waals surface area contributed by atoms with Gasteiger partial charge in [0, 0.05) is 0 Å². The molecule has 0 aliphatic carbocycles. The summed E-state index contributed by atoms with van der Waals surface area (Å²) < 4.78 is 11.4. The normalized spacial score (nSPS) is 15.4. The SMILES string of the molecule is C=CCOc1cccc(C2NC(=O)c3oc4ccc(CC)cc4c(=O)c32)c1. The van der Waals surface area contributed by atoms with Gasteiger partial charge < -0.3 is 14.5 Å². The van der Waals surface area contributed by atoms with Gasteiger partial charge in [0.25, 0.3) is 5.91 Å². The maximum absolute atomic E-state index is 13.2. The van der Waals surface area contributed by atoms with Gasteiger partial charge in [-0.2, -0.15) is 0 Å². The third kappa shape index (κ3) is 2.91. The smallest absolute Gasteiger partial charge is 0.288 e. The van der Waals surface area contributed by atoms with Gasteiger partial charge in [0.05, 0.1) is 17.0 Å². The first-order chi connectivity index (χ1) is 13.1. The summed E-state index contributed by atoms with van der Waals surface area (Å²) in [5, 5.41) is 3.35. The summed E-state index contributed by atoms with van der Waals surface area (Å²) >= 11 is 0. The topological polar surface area (TPSA) is 68.5 Å². The second-order valence-electron chi connectivity index (χ2n) is 6.44. The van der Waals surface area contributed by atoms with Crippen LogP contribution in [-0.4, -0.2) is 12.5 Å². The number of carbonyl (C=O) groups is 1. The maximum Gasteiger partial charge on any atom is 0.288 e. The van der Waals surface area contributed by atoms with Gasteiger partial charge in [-0.3, -0.25) is 9.59 Å². The number of rotatable bonds is 5. The predicted octanol–water partition coefficient (Wildman–Crippen LogP) is 3.75. The van der Waals surface area contributed by atoms with Crippen molar-refractivity contribution in [3.63, 3.8) is 0 Å². The number of benzene rings is 2. The highest BCUT2D eigenvalue weighted by Gasteiger charge is 2.36. The largest absolute Gasteiger partial charge is 0.490 e. The van der Waals surface area contributed by atoms with Crippen molar-refractivity contribution in [1.82, 2.24) is 5.32 Å². The minimum atomic E-state index is -0.564. The molecular weight excluding hydrogens is 342 g/mol. The third-order valence-corrected chi connectivity index (χ3v) is 4.73. The van der Waals surface area contributed by atoms with Crippen LogP contribution < -0.4 is 15.5 Å². The molecule has 5 nitrogen and oxygen atoms in total. The van der Waals surface area contributed by atoms with Crippen LogP contribution in [0.5, 0.6) is 5.75 Å². The van der Waals surface area contributed by atoms with E-state index in [1.54, 1.807) is 12.1 Å². The first-order valence-electron chi connectivity index (χ1n) is 8.86. The van der Waals surface area contributed by atoms with E-state index in [-0.39, 0.29) is 17.1 Å². The molecule has 1 aliphatic heterocycles. The predicted molar refractivity (Wildman–Crippen MR) is 103 cm³/mol. The standard InChI is InChI=1S/C22H19NO4/c1-3-10-26-15-7-5-6-14(12-15)19-18-20(24)16-11-13(4-2)8-9-17(16)27-21(18)22(25)23-19/h3,5-9,11-12,19H,1,4,10H2,2H3,(H,23,25). The first kappa shape index (κ1) is 17.1. The lowest BCUT2D eigenvalue weighted by molar-refractivity contribution is 0.0938. The molecule has 0 saturated carbocycles. The quantitative estimate of drug-likeness (QED) is 0.703. The Balaban J connectivity index is 1.86. The average Bonchev–Trinajstić information content (AvgIpc) is 3.03. The fraction of sp³-hybridized carbons (Fsp3) is 0.182. The molecule has 0 radical (unpaired) electrons. The first-order valence-corrected chi connectivity index (χ1v) is 8.86. The van der Waals surface area contributed by atoms with E-state index >= 15 is 0 Å². The molecule has 136 valence electrons. The van der Waals surface area contributed by atoms with Gasteiger partial charge in [0.15, 0.2) is 5.43 Å². The second kappa shape index (κ2) is 6.76. The summed E-state index contributed by atoms with van der Waals surface area (Å²) in [7, 11) is 0. The number of amides is 1. The van der Waals surface area contributed by atoms with Crippen LogP contribution in [0.1, 0.15) is 40.2 Å². The van der Waals surface area contributed by atoms with Crippen molar-refractivity contribution >= 4 is 16.9 Å². The van der Waals surface area contributed by atoms with E-state index in [4.69, 9.17) is 9.15 Å². The second-order valence-corrected chi connectivity index (χ2v) is 6.44. The van der Waals surface area contributed by atoms with Crippen molar-refractivity contribution in [3.8, 4) is 5.75 Å². The molecule has 0 saturated heterocycles. The molecule has 0 bridgehead atoms. The Labute approximate surface area is 156 Å². The molecule has 1 aliphatic rings. The van der Waals surface area contributed by atoms with E-state index in [0.29, 0.717) is 28.9 Å². The molecule has 1 unspecified atom stereocenters. The summed E-state index contributed by atoms with van der Waals surface area (Å²) in [6, 6.07) is 12.2. The number of carbonyl (C=O) groups excluding carboxylic acids is 1. The molecule has 1 aromatic heterocycles. The highest BCUT2D eigenvalue weighted by Crippen LogP contribution is 2.32. The number of nitrogens with one attached hydrogen (secondary N) is 1. The molecule has 0 spiro atoms. The molecule has 5 heteroatoms. The van der Waals surface area contributed by atoms with Crippen molar-refractivity contribution in [1.29, 1.82) is 0 Å². The van der Waals surface area contributed by atoms with Gasteiger partial charge in [-0.25, -0.2) is 0 Å². The van der Waals surface area contributed by atoms with E-state index in [1.807, 2.05) is 43.3 Å². The molecule has 3 aromatic rings. The van der Waals surface area contributed by atoms with Crippen LogP contribution in [0.4, 0.5) is 0 Å². The molecule has 2 aromatic carbocycles. The number of hydrogen-bond acceptors (Lipinski definition) is 4. The fourth-order valence-electron chi connectivity index (χ4n) is 3.37. The highest BCUT2D eigenvalue weighted by molar-refractivity contribution is 5.99. The molecule has 4 rings (SSSR count). The lowest BCUT2D eigenvalue weighted by Gasteiger charge is -2.13. The molecule has 1 atom stereocenters. The van der Waals surface area contributed by atoms with Crippen LogP contribution in [0.15, 0.2) is 64.3 Å². The van der Waals surface area contributed by atoms with Crippen molar-refractivity contribution in [2.24, 2.45) is 0 Å². The molecule has 2 heterocycles. The molecule has 1 amide bonds. The summed E-state index contributed by atoms with van der Waals surface area (Å²) in [6.07, 6.45) is 2.47. The molecule has 27 heavy (non-hydrogen) atoms. The van der Waals surface area contributed by atoms with Gasteiger partial charge >= 0.3 is 0 Å². The zero-order valence-corrected chi connectivity index (χ0v) is 15.0. The average molecular weight is 361 g/mol. The molecule has 1 N–H and O–H groups in total. The van der Waals surface area contributed by atoms with Crippen molar-refractivity contribution < 1.29 is 13.9 Å². The van der Waals surface area contributed by atoms with E-state index in [1.165, 1.54) is 0 Å². The van der Waals surface area contributed by atoms with Crippen LogP contribution in [0.2, 0.25) is 0 Å². The van der Waals surface area contributed by atoms with E-state index in [2.05, 4.69) is 11.9 Å². The van der Waals surface area contributed by atoms with Crippen LogP contribution in [0.3, 0.4) is 0 Å². The summed E-state index contributed by atoms with van der Waals surface area (Å²) in [5.41, 5.74) is 2.41. The monoisotopic (exact) mass is 361 g/mol. The Morgan fingerprint density at radius 2 is 2.07 bits per heavy atom. The number of fused-ring (bicyclic) bond motifs is 2. The number of ether oxygens (including phenoxy) is 1. The fourth-order valence-corrected chi connectivity index (χ4v) is 3.37. The van der Waals surface area contributed by atoms with Gasteiger partial charge in [-0.1, -0.05) is 37.8 Å². The Morgan fingerprint density at radius 1 is 1.22 bits per heavy atom. The van der Waals surface area contributed by atoms with Crippen LogP contribution in [0, 0.1) is 0 Å². The summed E-state index contributed by atoms with van der Waals surface area (Å²) in [5.74, 6) is 0.346. The van der Waals surface area contributed by atoms with E-state index < -0.39 is 6.04 Å². The van der Waals surface area contributed by atoms with Crippen molar-refractivity contribution in [3.05, 3.63) is 87.8 Å². The minimum absolute atomic E-state index is 0.0826. The van der Waals surface area contributed by atoms with Crippen LogP contribution >= 0.6 is 0 Å². The van der Waals surface area contributed by atoms with Crippen LogP contribution in [-0.2, 0) is 6.42 Å². The van der Waals surface area contributed by atoms with Gasteiger partial charge in [-0.15, -0.1) is 0 Å². The lowest BCUT2D eigenvalue weighted by atomic mass is 9.98. The Hall–Kier alpha value is -3.34. The van der Waals surface area contributed by atoms with Crippen molar-refractivity contribution in [2.45, 2.75) is 19.4 Å². The van der Waals surface area contributed by atoms with Gasteiger partial charge in [0.2, 0.25) is 5.76 Å². The summed E-state index contributed by atoms with van der Waals surface area (Å²) in [6.45, 7) is 6.04. The zero-order valence-electron chi connectivity index (χ0n) is 15.0. The van der Waals surface area contributed by atoms with Crippen LogP contribution in [0.25, 0.3) is 11.0 Å². The Kier molecular flexibility index (Phi) is 4.28. The highest BCUT2D eigenvalue weighted by atomic mass is 16.5. The number of aryl methyl sites for hydroxylation is 1. The Morgan fingerprint density at radius 3 is 2.85 bits per heavy atom. The minimum Gasteiger partial charge on any atom is -0.490 e. The zero-order chi connectivity index (χ0) is 19.0. The lowest BCUT2D eigenvalue weighted by Crippen LogP contribution is -2.22. The van der Waals surface area contributed by atoms with E-state index in [0.717, 1.165) is 17.5 Å². The van der Waals surface area contributed by atoms with Crippen molar-refractivity contribution in [2.75, 3.05) is 6.61 Å². The van der Waals surface area contributed by atoms with E-state index in [9.17, 15) is 9.59 Å². The summed E-state index contributed by atoms with van der Waals surface area (Å²) in [4.78, 5) is 25.6. The number of hydrogen-bond donors (Lipinski definition) is 1. The van der Waals surface area contributed by atoms with Gasteiger partial charge in [-0.05, 0) is 41.8 Å².